The summed E-state index contributed by atoms with van der Waals surface area (Å²) in [6.07, 6.45) is 3.15. The highest BCUT2D eigenvalue weighted by Crippen LogP contribution is 2.40. The van der Waals surface area contributed by atoms with Gasteiger partial charge in [-0.05, 0) is 60.9 Å². The van der Waals surface area contributed by atoms with Gasteiger partial charge in [-0.3, -0.25) is 9.59 Å². The molecule has 1 atom stereocenters. The molecule has 6 heteroatoms. The summed E-state index contributed by atoms with van der Waals surface area (Å²) in [5, 5.41) is 0.446. The van der Waals surface area contributed by atoms with Crippen LogP contribution >= 0.6 is 0 Å². The first-order valence-electron chi connectivity index (χ1n) is 12.3. The molecule has 184 valence electrons. The van der Waals surface area contributed by atoms with Crippen LogP contribution in [0.25, 0.3) is 11.0 Å². The van der Waals surface area contributed by atoms with Gasteiger partial charge in [-0.25, -0.2) is 4.39 Å². The monoisotopic (exact) mass is 485 g/mol. The molecule has 1 unspecified atom stereocenters. The number of fused-ring (bicyclic) bond motifs is 2. The van der Waals surface area contributed by atoms with Crippen LogP contribution in [0.3, 0.4) is 0 Å². The lowest BCUT2D eigenvalue weighted by Crippen LogP contribution is -2.29. The summed E-state index contributed by atoms with van der Waals surface area (Å²) in [7, 11) is 0. The predicted molar refractivity (Wildman–Crippen MR) is 137 cm³/mol. The zero-order valence-electron chi connectivity index (χ0n) is 20.4. The summed E-state index contributed by atoms with van der Waals surface area (Å²) in [6.45, 7) is 4.85. The Morgan fingerprint density at radius 2 is 1.81 bits per heavy atom. The SMILES string of the molecule is CCCCCOc1cccc(C2c3c(oc4ccc(C)cc4c3=O)C(=O)N2Cc2ccc(F)cc2)c1. The first-order chi connectivity index (χ1) is 17.5. The summed E-state index contributed by atoms with van der Waals surface area (Å²) >= 11 is 0. The topological polar surface area (TPSA) is 59.8 Å². The Balaban J connectivity index is 1.61. The number of hydrogen-bond acceptors (Lipinski definition) is 4. The van der Waals surface area contributed by atoms with Gasteiger partial charge >= 0.3 is 0 Å². The average molecular weight is 486 g/mol. The second-order valence-corrected chi connectivity index (χ2v) is 9.26. The second kappa shape index (κ2) is 9.97. The van der Waals surface area contributed by atoms with E-state index in [1.54, 1.807) is 29.2 Å². The van der Waals surface area contributed by atoms with Crippen LogP contribution in [-0.2, 0) is 6.54 Å². The fourth-order valence-electron chi connectivity index (χ4n) is 4.75. The van der Waals surface area contributed by atoms with Crippen molar-refractivity contribution in [3.05, 3.63) is 111 Å². The molecular weight excluding hydrogens is 457 g/mol. The number of amides is 1. The highest BCUT2D eigenvalue weighted by Gasteiger charge is 2.42. The standard InChI is InChI=1S/C30H28FNO4/c1-3-4-5-15-35-23-8-6-7-21(17-23)27-26-28(33)24-16-19(2)9-14-25(24)36-29(26)30(34)32(27)18-20-10-12-22(31)13-11-20/h6-14,16-17,27H,3-5,15,18H2,1-2H3. The van der Waals surface area contributed by atoms with Crippen molar-refractivity contribution in [2.75, 3.05) is 6.61 Å². The normalized spacial score (nSPS) is 14.9. The molecule has 1 aliphatic heterocycles. The van der Waals surface area contributed by atoms with E-state index >= 15 is 0 Å². The molecule has 0 bridgehead atoms. The average Bonchev–Trinajstić information content (AvgIpc) is 3.15. The van der Waals surface area contributed by atoms with Gasteiger partial charge in [0.2, 0.25) is 5.76 Å². The molecule has 0 radical (unpaired) electrons. The summed E-state index contributed by atoms with van der Waals surface area (Å²) in [6, 6.07) is 18.3. The number of benzene rings is 3. The van der Waals surface area contributed by atoms with Gasteiger partial charge in [0.05, 0.1) is 23.6 Å². The highest BCUT2D eigenvalue weighted by atomic mass is 19.1. The molecule has 4 aromatic rings. The molecule has 2 heterocycles. The van der Waals surface area contributed by atoms with Crippen molar-refractivity contribution in [3.8, 4) is 5.75 Å². The number of halogens is 1. The van der Waals surface area contributed by atoms with Gasteiger partial charge in [-0.2, -0.15) is 0 Å². The van der Waals surface area contributed by atoms with Crippen molar-refractivity contribution in [2.45, 2.75) is 45.7 Å². The number of aryl methyl sites for hydroxylation is 1. The number of hydrogen-bond donors (Lipinski definition) is 0. The van der Waals surface area contributed by atoms with Gasteiger partial charge in [0.25, 0.3) is 5.91 Å². The maximum atomic E-state index is 13.8. The molecule has 0 saturated heterocycles. The zero-order chi connectivity index (χ0) is 25.2. The minimum Gasteiger partial charge on any atom is -0.494 e. The lowest BCUT2D eigenvalue weighted by atomic mass is 9.97. The van der Waals surface area contributed by atoms with Crippen molar-refractivity contribution >= 4 is 16.9 Å². The zero-order valence-corrected chi connectivity index (χ0v) is 20.4. The van der Waals surface area contributed by atoms with E-state index in [4.69, 9.17) is 9.15 Å². The predicted octanol–water partition coefficient (Wildman–Crippen LogP) is 6.55. The third kappa shape index (κ3) is 4.51. The molecule has 36 heavy (non-hydrogen) atoms. The van der Waals surface area contributed by atoms with Crippen LogP contribution in [0, 0.1) is 12.7 Å². The van der Waals surface area contributed by atoms with Crippen molar-refractivity contribution < 1.29 is 18.3 Å². The van der Waals surface area contributed by atoms with Crippen LogP contribution in [0.4, 0.5) is 4.39 Å². The van der Waals surface area contributed by atoms with Crippen LogP contribution in [0.5, 0.6) is 5.75 Å². The van der Waals surface area contributed by atoms with Crippen LogP contribution in [0.15, 0.2) is 75.9 Å². The van der Waals surface area contributed by atoms with Crippen LogP contribution < -0.4 is 10.2 Å². The van der Waals surface area contributed by atoms with E-state index in [1.165, 1.54) is 12.1 Å². The Labute approximate surface area is 209 Å². The van der Waals surface area contributed by atoms with Crippen LogP contribution in [0.1, 0.15) is 65.0 Å². The molecule has 0 fully saturated rings. The van der Waals surface area contributed by atoms with E-state index in [0.717, 1.165) is 36.0 Å². The fraction of sp³-hybridized carbons (Fsp3) is 0.267. The summed E-state index contributed by atoms with van der Waals surface area (Å²) in [4.78, 5) is 29.0. The number of ether oxygens (including phenoxy) is 1. The van der Waals surface area contributed by atoms with Gasteiger partial charge in [0, 0.05) is 6.54 Å². The first kappa shape index (κ1) is 23.8. The van der Waals surface area contributed by atoms with E-state index in [0.29, 0.717) is 28.9 Å². The lowest BCUT2D eigenvalue weighted by molar-refractivity contribution is 0.0714. The van der Waals surface area contributed by atoms with Gasteiger partial charge in [-0.1, -0.05) is 55.7 Å². The van der Waals surface area contributed by atoms with Gasteiger partial charge in [-0.15, -0.1) is 0 Å². The highest BCUT2D eigenvalue weighted by molar-refractivity contribution is 5.99. The molecule has 0 spiro atoms. The van der Waals surface area contributed by atoms with Gasteiger partial charge in [0.1, 0.15) is 17.1 Å². The number of nitrogens with zero attached hydrogens (tertiary/aromatic N) is 1. The molecule has 1 aliphatic rings. The van der Waals surface area contributed by atoms with Crippen molar-refractivity contribution in [3.63, 3.8) is 0 Å². The lowest BCUT2D eigenvalue weighted by Gasteiger charge is -2.25. The molecule has 5 rings (SSSR count). The second-order valence-electron chi connectivity index (χ2n) is 9.26. The van der Waals surface area contributed by atoms with Gasteiger partial charge < -0.3 is 14.1 Å². The molecule has 1 amide bonds. The summed E-state index contributed by atoms with van der Waals surface area (Å²) in [5.41, 5.74) is 2.93. The summed E-state index contributed by atoms with van der Waals surface area (Å²) in [5.74, 6) is 0.0240. The molecular formula is C30H28FNO4. The Kier molecular flexibility index (Phi) is 6.59. The number of carbonyl (C=O) groups excluding carboxylic acids is 1. The van der Waals surface area contributed by atoms with E-state index in [-0.39, 0.29) is 29.5 Å². The van der Waals surface area contributed by atoms with E-state index < -0.39 is 6.04 Å². The molecule has 0 aliphatic carbocycles. The summed E-state index contributed by atoms with van der Waals surface area (Å²) < 4.78 is 25.5. The van der Waals surface area contributed by atoms with Crippen LogP contribution in [0.2, 0.25) is 0 Å². The third-order valence-corrected chi connectivity index (χ3v) is 6.58. The Morgan fingerprint density at radius 3 is 2.58 bits per heavy atom. The molecule has 3 aromatic carbocycles. The molecule has 1 aromatic heterocycles. The molecule has 5 nitrogen and oxygen atoms in total. The van der Waals surface area contributed by atoms with Crippen molar-refractivity contribution in [1.82, 2.24) is 4.90 Å². The van der Waals surface area contributed by atoms with Crippen LogP contribution in [-0.4, -0.2) is 17.4 Å². The fourth-order valence-corrected chi connectivity index (χ4v) is 4.75. The maximum Gasteiger partial charge on any atom is 0.291 e. The molecule has 0 N–H and O–H groups in total. The molecule has 0 saturated carbocycles. The van der Waals surface area contributed by atoms with Crippen molar-refractivity contribution in [1.29, 1.82) is 0 Å². The van der Waals surface area contributed by atoms with Crippen molar-refractivity contribution in [2.24, 2.45) is 0 Å². The van der Waals surface area contributed by atoms with E-state index in [1.807, 2.05) is 37.3 Å². The maximum absolute atomic E-state index is 13.8. The largest absolute Gasteiger partial charge is 0.494 e. The van der Waals surface area contributed by atoms with E-state index in [9.17, 15) is 14.0 Å². The van der Waals surface area contributed by atoms with E-state index in [2.05, 4.69) is 6.92 Å². The Bertz CT molecular complexity index is 1480. The minimum atomic E-state index is -0.655. The number of rotatable bonds is 8. The third-order valence-electron chi connectivity index (χ3n) is 6.58. The quantitative estimate of drug-likeness (QED) is 0.265. The smallest absolute Gasteiger partial charge is 0.291 e. The first-order valence-corrected chi connectivity index (χ1v) is 12.3. The van der Waals surface area contributed by atoms with Gasteiger partial charge in [0.15, 0.2) is 5.43 Å². The Morgan fingerprint density at radius 1 is 1.00 bits per heavy atom. The minimum absolute atomic E-state index is 0.0535. The number of unbranched alkanes of at least 4 members (excludes halogenated alkanes) is 2. The number of carbonyl (C=O) groups is 1. The Hall–Kier alpha value is -3.93.